The Bertz CT molecular complexity index is 381. The summed E-state index contributed by atoms with van der Waals surface area (Å²) in [6, 6.07) is 3.81. The van der Waals surface area contributed by atoms with Gasteiger partial charge in [0.05, 0.1) is 12.2 Å². The molecule has 3 nitrogen and oxygen atoms in total. The summed E-state index contributed by atoms with van der Waals surface area (Å²) in [5, 5.41) is 0. The average molecular weight is 291 g/mol. The highest BCUT2D eigenvalue weighted by Crippen LogP contribution is 2.19. The fraction of sp³-hybridized carbons (Fsp3) is 0.364. The molecule has 0 aliphatic rings. The molecule has 0 spiro atoms. The number of halogens is 2. The minimum Gasteiger partial charge on any atom is -0.457 e. The van der Waals surface area contributed by atoms with E-state index in [1.54, 1.807) is 6.92 Å². The molecule has 0 saturated heterocycles. The number of hydrogen-bond donors (Lipinski definition) is 0. The zero-order chi connectivity index (χ0) is 12.1. The van der Waals surface area contributed by atoms with Gasteiger partial charge in [0, 0.05) is 11.6 Å². The van der Waals surface area contributed by atoms with E-state index in [0.717, 1.165) is 0 Å². The SMILES string of the molecule is COC[C@H](C)OC(=O)c1ccc(F)cc1Br. The van der Waals surface area contributed by atoms with E-state index in [1.807, 2.05) is 0 Å². The Morgan fingerprint density at radius 1 is 1.56 bits per heavy atom. The highest BCUT2D eigenvalue weighted by molar-refractivity contribution is 9.10. The third-order valence-corrected chi connectivity index (χ3v) is 2.52. The van der Waals surface area contributed by atoms with Crippen LogP contribution in [0.1, 0.15) is 17.3 Å². The molecule has 0 bridgehead atoms. The third kappa shape index (κ3) is 3.57. The van der Waals surface area contributed by atoms with Gasteiger partial charge in [-0.15, -0.1) is 0 Å². The van der Waals surface area contributed by atoms with Crippen molar-refractivity contribution in [3.05, 3.63) is 34.1 Å². The van der Waals surface area contributed by atoms with E-state index >= 15 is 0 Å². The summed E-state index contributed by atoms with van der Waals surface area (Å²) in [4.78, 5) is 11.6. The Morgan fingerprint density at radius 3 is 2.81 bits per heavy atom. The van der Waals surface area contributed by atoms with Crippen molar-refractivity contribution in [2.24, 2.45) is 0 Å². The number of carbonyl (C=O) groups excluding carboxylic acids is 1. The minimum atomic E-state index is -0.503. The molecular formula is C11H12BrFO3. The molecule has 0 aromatic heterocycles. The van der Waals surface area contributed by atoms with Crippen LogP contribution in [0.15, 0.2) is 22.7 Å². The van der Waals surface area contributed by atoms with Gasteiger partial charge in [0.15, 0.2) is 0 Å². The standard InChI is InChI=1S/C11H12BrFO3/c1-7(6-15-2)16-11(14)9-4-3-8(13)5-10(9)12/h3-5,7H,6H2,1-2H3/t7-/m0/s1. The number of hydrogen-bond acceptors (Lipinski definition) is 3. The number of methoxy groups -OCH3 is 1. The first-order valence-corrected chi connectivity index (χ1v) is 5.49. The van der Waals surface area contributed by atoms with E-state index in [1.165, 1.54) is 25.3 Å². The van der Waals surface area contributed by atoms with Crippen LogP contribution in [0.25, 0.3) is 0 Å². The summed E-state index contributed by atoms with van der Waals surface area (Å²) in [6.07, 6.45) is -0.338. The molecule has 5 heteroatoms. The number of rotatable bonds is 4. The van der Waals surface area contributed by atoms with E-state index in [9.17, 15) is 9.18 Å². The predicted molar refractivity (Wildman–Crippen MR) is 60.9 cm³/mol. The van der Waals surface area contributed by atoms with Crippen LogP contribution in [0, 0.1) is 5.82 Å². The van der Waals surface area contributed by atoms with E-state index in [-0.39, 0.29) is 6.10 Å². The van der Waals surface area contributed by atoms with Crippen LogP contribution in [0.2, 0.25) is 0 Å². The largest absolute Gasteiger partial charge is 0.457 e. The lowest BCUT2D eigenvalue weighted by molar-refractivity contribution is 0.0119. The lowest BCUT2D eigenvalue weighted by Gasteiger charge is -2.12. The highest BCUT2D eigenvalue weighted by atomic mass is 79.9. The number of carbonyl (C=O) groups is 1. The van der Waals surface area contributed by atoms with Gasteiger partial charge in [-0.3, -0.25) is 0 Å². The van der Waals surface area contributed by atoms with Crippen LogP contribution in [0.5, 0.6) is 0 Å². The molecule has 0 aliphatic heterocycles. The second-order valence-corrected chi connectivity index (χ2v) is 4.15. The predicted octanol–water partition coefficient (Wildman–Crippen LogP) is 2.78. The minimum absolute atomic E-state index is 0.296. The van der Waals surface area contributed by atoms with E-state index in [2.05, 4.69) is 15.9 Å². The molecule has 88 valence electrons. The van der Waals surface area contributed by atoms with Crippen LogP contribution in [0.4, 0.5) is 4.39 Å². The molecule has 0 heterocycles. The molecule has 1 aromatic rings. The summed E-state index contributed by atoms with van der Waals surface area (Å²) in [6.45, 7) is 2.05. The second kappa shape index (κ2) is 5.96. The molecule has 0 fully saturated rings. The maximum atomic E-state index is 12.8. The lowest BCUT2D eigenvalue weighted by Crippen LogP contribution is -2.19. The smallest absolute Gasteiger partial charge is 0.339 e. The Kier molecular flexibility index (Phi) is 4.89. The maximum Gasteiger partial charge on any atom is 0.339 e. The lowest BCUT2D eigenvalue weighted by atomic mass is 10.2. The molecule has 16 heavy (non-hydrogen) atoms. The molecule has 0 saturated carbocycles. The first-order valence-electron chi connectivity index (χ1n) is 4.69. The van der Waals surface area contributed by atoms with Crippen molar-refractivity contribution in [1.29, 1.82) is 0 Å². The monoisotopic (exact) mass is 290 g/mol. The van der Waals surface area contributed by atoms with Crippen LogP contribution in [-0.2, 0) is 9.47 Å². The van der Waals surface area contributed by atoms with Gasteiger partial charge in [0.25, 0.3) is 0 Å². The highest BCUT2D eigenvalue weighted by Gasteiger charge is 2.15. The van der Waals surface area contributed by atoms with Gasteiger partial charge in [-0.2, -0.15) is 0 Å². The van der Waals surface area contributed by atoms with Gasteiger partial charge in [0.2, 0.25) is 0 Å². The van der Waals surface area contributed by atoms with Crippen molar-refractivity contribution in [2.45, 2.75) is 13.0 Å². The molecule has 0 N–H and O–H groups in total. The molecule has 1 aromatic carbocycles. The fourth-order valence-electron chi connectivity index (χ4n) is 1.17. The van der Waals surface area contributed by atoms with Gasteiger partial charge < -0.3 is 9.47 Å². The van der Waals surface area contributed by atoms with Crippen molar-refractivity contribution in [3.63, 3.8) is 0 Å². The molecular weight excluding hydrogens is 279 g/mol. The average Bonchev–Trinajstić information content (AvgIpc) is 2.17. The molecule has 0 amide bonds. The van der Waals surface area contributed by atoms with Crippen LogP contribution < -0.4 is 0 Å². The van der Waals surface area contributed by atoms with Crippen molar-refractivity contribution in [3.8, 4) is 0 Å². The van der Waals surface area contributed by atoms with Crippen molar-refractivity contribution < 1.29 is 18.7 Å². The van der Waals surface area contributed by atoms with Crippen LogP contribution in [0.3, 0.4) is 0 Å². The molecule has 1 rings (SSSR count). The maximum absolute atomic E-state index is 12.8. The van der Waals surface area contributed by atoms with Gasteiger partial charge in [-0.05, 0) is 41.1 Å². The quantitative estimate of drug-likeness (QED) is 0.800. The Hall–Kier alpha value is -0.940. The Labute approximate surface area is 102 Å². The summed E-state index contributed by atoms with van der Waals surface area (Å²) >= 11 is 3.10. The first-order chi connectivity index (χ1) is 7.54. The topological polar surface area (TPSA) is 35.5 Å². The molecule has 0 unspecified atom stereocenters. The van der Waals surface area contributed by atoms with Gasteiger partial charge in [0.1, 0.15) is 11.9 Å². The summed E-state index contributed by atoms with van der Waals surface area (Å²) < 4.78 is 23.1. The number of benzene rings is 1. The Balaban J connectivity index is 2.73. The van der Waals surface area contributed by atoms with E-state index in [0.29, 0.717) is 16.6 Å². The molecule has 0 radical (unpaired) electrons. The molecule has 0 aliphatic carbocycles. The second-order valence-electron chi connectivity index (χ2n) is 3.30. The van der Waals surface area contributed by atoms with Crippen LogP contribution in [-0.4, -0.2) is 25.8 Å². The zero-order valence-corrected chi connectivity index (χ0v) is 10.6. The van der Waals surface area contributed by atoms with Gasteiger partial charge >= 0.3 is 5.97 Å². The normalized spacial score (nSPS) is 12.2. The van der Waals surface area contributed by atoms with E-state index < -0.39 is 11.8 Å². The van der Waals surface area contributed by atoms with Crippen molar-refractivity contribution in [1.82, 2.24) is 0 Å². The summed E-state index contributed by atoms with van der Waals surface area (Å²) in [5.41, 5.74) is 0.296. The van der Waals surface area contributed by atoms with E-state index in [4.69, 9.17) is 9.47 Å². The van der Waals surface area contributed by atoms with Gasteiger partial charge in [-0.25, -0.2) is 9.18 Å². The summed E-state index contributed by atoms with van der Waals surface area (Å²) in [5.74, 6) is -0.912. The van der Waals surface area contributed by atoms with Crippen LogP contribution >= 0.6 is 15.9 Å². The first kappa shape index (κ1) is 13.1. The van der Waals surface area contributed by atoms with Crippen molar-refractivity contribution >= 4 is 21.9 Å². The Morgan fingerprint density at radius 2 is 2.25 bits per heavy atom. The molecule has 1 atom stereocenters. The number of esters is 1. The summed E-state index contributed by atoms with van der Waals surface area (Å²) in [7, 11) is 1.53. The van der Waals surface area contributed by atoms with Gasteiger partial charge in [-0.1, -0.05) is 0 Å². The zero-order valence-electron chi connectivity index (χ0n) is 9.00. The number of ether oxygens (including phenoxy) is 2. The third-order valence-electron chi connectivity index (χ3n) is 1.86. The van der Waals surface area contributed by atoms with Crippen molar-refractivity contribution in [2.75, 3.05) is 13.7 Å². The fourth-order valence-corrected chi connectivity index (χ4v) is 1.68.